The van der Waals surface area contributed by atoms with Gasteiger partial charge in [0.2, 0.25) is 0 Å². The number of carbonyl (C=O) groups excluding carboxylic acids is 2. The molecule has 0 aromatic carbocycles. The van der Waals surface area contributed by atoms with E-state index >= 15 is 0 Å². The minimum atomic E-state index is -1.47. The smallest absolute Gasteiger partial charge is 0.331 e. The fourth-order valence-corrected chi connectivity index (χ4v) is 4.95. The van der Waals surface area contributed by atoms with Gasteiger partial charge in [0.05, 0.1) is 6.61 Å². The van der Waals surface area contributed by atoms with E-state index in [1.165, 1.54) is 134 Å². The van der Waals surface area contributed by atoms with Crippen LogP contribution in [0, 0.1) is 0 Å². The standard InChI is InChI=1S/C39H66O5/c1-3-5-7-9-11-13-15-17-18-19-20-22-24-26-28-30-32-34-38(43)44-39(37(42)35-40)36(41)33-31-29-27-25-23-21-16-14-12-10-8-6-4-2/h20,22,24,26,28,30-34,37,39-40,42H,3-19,21,23,25,27,29,35H2,1-2H3. The number of aliphatic hydroxyl groups is 2. The van der Waals surface area contributed by atoms with E-state index in [4.69, 9.17) is 4.74 Å². The number of aliphatic hydroxyl groups excluding tert-OH is 2. The topological polar surface area (TPSA) is 83.8 Å². The Morgan fingerprint density at radius 2 is 0.955 bits per heavy atom. The Hall–Kier alpha value is -2.24. The SMILES string of the molecule is CCCCCCCCCCCC=CC=CC=CC=CC(=O)OC(C(=O)C=CCCCCCCCCCCCCC)C(O)CO. The lowest BCUT2D eigenvalue weighted by molar-refractivity contribution is -0.157. The van der Waals surface area contributed by atoms with Crippen LogP contribution in [0.15, 0.2) is 60.8 Å². The van der Waals surface area contributed by atoms with Crippen LogP contribution in [0.4, 0.5) is 0 Å². The highest BCUT2D eigenvalue weighted by molar-refractivity contribution is 5.96. The Bertz CT molecular complexity index is 807. The van der Waals surface area contributed by atoms with Crippen molar-refractivity contribution in [1.82, 2.24) is 0 Å². The number of ether oxygens (including phenoxy) is 1. The van der Waals surface area contributed by atoms with Gasteiger partial charge in [-0.15, -0.1) is 0 Å². The number of hydrogen-bond donors (Lipinski definition) is 2. The minimum absolute atomic E-state index is 0.524. The number of ketones is 1. The summed E-state index contributed by atoms with van der Waals surface area (Å²) in [4.78, 5) is 24.7. The van der Waals surface area contributed by atoms with Crippen molar-refractivity contribution in [1.29, 1.82) is 0 Å². The van der Waals surface area contributed by atoms with Crippen LogP contribution >= 0.6 is 0 Å². The summed E-state index contributed by atoms with van der Waals surface area (Å²) in [5, 5.41) is 19.3. The van der Waals surface area contributed by atoms with Gasteiger partial charge in [-0.3, -0.25) is 4.79 Å². The molecule has 0 bridgehead atoms. The van der Waals surface area contributed by atoms with Crippen LogP contribution in [0.2, 0.25) is 0 Å². The molecule has 2 atom stereocenters. The van der Waals surface area contributed by atoms with Crippen molar-refractivity contribution in [2.45, 2.75) is 167 Å². The predicted molar refractivity (Wildman–Crippen MR) is 187 cm³/mol. The second-order valence-electron chi connectivity index (χ2n) is 11.9. The first kappa shape index (κ1) is 41.8. The highest BCUT2D eigenvalue weighted by Crippen LogP contribution is 2.13. The van der Waals surface area contributed by atoms with Crippen LogP contribution in [0.3, 0.4) is 0 Å². The molecule has 2 unspecified atom stereocenters. The molecule has 0 aliphatic heterocycles. The fourth-order valence-electron chi connectivity index (χ4n) is 4.95. The molecule has 0 amide bonds. The molecular weight excluding hydrogens is 548 g/mol. The van der Waals surface area contributed by atoms with Gasteiger partial charge < -0.3 is 14.9 Å². The molecule has 0 aromatic rings. The Balaban J connectivity index is 4.13. The van der Waals surface area contributed by atoms with Crippen LogP contribution in [0.25, 0.3) is 0 Å². The highest BCUT2D eigenvalue weighted by atomic mass is 16.6. The monoisotopic (exact) mass is 614 g/mol. The third-order valence-corrected chi connectivity index (χ3v) is 7.71. The molecule has 0 saturated heterocycles. The summed E-state index contributed by atoms with van der Waals surface area (Å²) in [6.45, 7) is 3.83. The van der Waals surface area contributed by atoms with Gasteiger partial charge in [0.1, 0.15) is 6.10 Å². The van der Waals surface area contributed by atoms with Gasteiger partial charge in [-0.1, -0.05) is 178 Å². The van der Waals surface area contributed by atoms with Crippen LogP contribution in [-0.4, -0.2) is 40.8 Å². The first-order valence-electron chi connectivity index (χ1n) is 17.9. The number of unbranched alkanes of at least 4 members (excludes halogenated alkanes) is 20. The molecule has 0 heterocycles. The quantitative estimate of drug-likeness (QED) is 0.0351. The number of rotatable bonds is 31. The van der Waals surface area contributed by atoms with Gasteiger partial charge in [0.15, 0.2) is 11.9 Å². The molecule has 5 nitrogen and oxygen atoms in total. The zero-order chi connectivity index (χ0) is 32.4. The van der Waals surface area contributed by atoms with Gasteiger partial charge in [-0.05, 0) is 31.8 Å². The summed E-state index contributed by atoms with van der Waals surface area (Å²) in [5.41, 5.74) is 0. The molecule has 44 heavy (non-hydrogen) atoms. The number of hydrogen-bond acceptors (Lipinski definition) is 5. The lowest BCUT2D eigenvalue weighted by Crippen LogP contribution is -2.39. The second kappa shape index (κ2) is 33.6. The second-order valence-corrected chi connectivity index (χ2v) is 11.9. The van der Waals surface area contributed by atoms with E-state index in [1.807, 2.05) is 18.2 Å². The summed E-state index contributed by atoms with van der Waals surface area (Å²) < 4.78 is 5.16. The molecule has 0 fully saturated rings. The van der Waals surface area contributed by atoms with Crippen LogP contribution in [-0.2, 0) is 14.3 Å². The predicted octanol–water partition coefficient (Wildman–Crippen LogP) is 10.2. The third kappa shape index (κ3) is 28.5. The molecule has 0 aliphatic carbocycles. The summed E-state index contributed by atoms with van der Waals surface area (Å²) in [5.74, 6) is -1.27. The first-order valence-corrected chi connectivity index (χ1v) is 17.9. The largest absolute Gasteiger partial charge is 0.448 e. The van der Waals surface area contributed by atoms with Crippen LogP contribution in [0.5, 0.6) is 0 Å². The Labute approximate surface area is 270 Å². The molecular formula is C39H66O5. The molecule has 2 N–H and O–H groups in total. The van der Waals surface area contributed by atoms with E-state index in [-0.39, 0.29) is 0 Å². The van der Waals surface area contributed by atoms with E-state index < -0.39 is 30.6 Å². The first-order chi connectivity index (χ1) is 21.6. The summed E-state index contributed by atoms with van der Waals surface area (Å²) in [6.07, 6.45) is 42.2. The Morgan fingerprint density at radius 3 is 1.43 bits per heavy atom. The third-order valence-electron chi connectivity index (χ3n) is 7.71. The molecule has 0 aliphatic rings. The van der Waals surface area contributed by atoms with Crippen molar-refractivity contribution in [2.24, 2.45) is 0 Å². The maximum atomic E-state index is 12.5. The van der Waals surface area contributed by atoms with Gasteiger partial charge in [-0.2, -0.15) is 0 Å². The lowest BCUT2D eigenvalue weighted by Gasteiger charge is -2.18. The average molecular weight is 615 g/mol. The molecule has 0 rings (SSSR count). The summed E-state index contributed by atoms with van der Waals surface area (Å²) in [7, 11) is 0. The highest BCUT2D eigenvalue weighted by Gasteiger charge is 2.27. The summed E-state index contributed by atoms with van der Waals surface area (Å²) >= 11 is 0. The molecule has 0 radical (unpaired) electrons. The maximum Gasteiger partial charge on any atom is 0.331 e. The van der Waals surface area contributed by atoms with Crippen molar-refractivity contribution < 1.29 is 24.5 Å². The van der Waals surface area contributed by atoms with Gasteiger partial charge >= 0.3 is 5.97 Å². The van der Waals surface area contributed by atoms with E-state index in [1.54, 1.807) is 18.2 Å². The molecule has 5 heteroatoms. The fraction of sp³-hybridized carbons (Fsp3) is 0.692. The van der Waals surface area contributed by atoms with Crippen molar-refractivity contribution >= 4 is 11.8 Å². The average Bonchev–Trinajstić information content (AvgIpc) is 3.03. The van der Waals surface area contributed by atoms with Gasteiger partial charge in [0.25, 0.3) is 0 Å². The maximum absolute atomic E-state index is 12.5. The number of allylic oxidation sites excluding steroid dienone is 8. The lowest BCUT2D eigenvalue weighted by atomic mass is 10.0. The molecule has 0 saturated carbocycles. The molecule has 0 aromatic heterocycles. The van der Waals surface area contributed by atoms with Crippen molar-refractivity contribution in [3.05, 3.63) is 60.8 Å². The number of esters is 1. The Kier molecular flexibility index (Phi) is 31.9. The molecule has 252 valence electrons. The molecule has 0 spiro atoms. The zero-order valence-corrected chi connectivity index (χ0v) is 28.3. The van der Waals surface area contributed by atoms with E-state index in [9.17, 15) is 19.8 Å². The van der Waals surface area contributed by atoms with Gasteiger partial charge in [0, 0.05) is 6.08 Å². The van der Waals surface area contributed by atoms with Crippen LogP contribution in [0.1, 0.15) is 155 Å². The van der Waals surface area contributed by atoms with E-state index in [2.05, 4.69) is 19.9 Å². The minimum Gasteiger partial charge on any atom is -0.448 e. The van der Waals surface area contributed by atoms with E-state index in [0.29, 0.717) is 0 Å². The van der Waals surface area contributed by atoms with Crippen molar-refractivity contribution in [3.63, 3.8) is 0 Å². The van der Waals surface area contributed by atoms with Crippen molar-refractivity contribution in [2.75, 3.05) is 6.61 Å². The summed E-state index contributed by atoms with van der Waals surface area (Å²) in [6, 6.07) is 0. The van der Waals surface area contributed by atoms with Gasteiger partial charge in [-0.25, -0.2) is 4.79 Å². The normalized spacial score (nSPS) is 13.7. The van der Waals surface area contributed by atoms with Crippen molar-refractivity contribution in [3.8, 4) is 0 Å². The zero-order valence-electron chi connectivity index (χ0n) is 28.3. The van der Waals surface area contributed by atoms with Crippen LogP contribution < -0.4 is 0 Å². The van der Waals surface area contributed by atoms with E-state index in [0.717, 1.165) is 25.7 Å². The Morgan fingerprint density at radius 1 is 0.545 bits per heavy atom. The number of carbonyl (C=O) groups is 2.